The summed E-state index contributed by atoms with van der Waals surface area (Å²) in [6, 6.07) is 14.6. The third-order valence-electron chi connectivity index (χ3n) is 4.93. The van der Waals surface area contributed by atoms with Crippen molar-refractivity contribution >= 4 is 28.7 Å². The molecule has 0 saturated carbocycles. The van der Waals surface area contributed by atoms with Crippen LogP contribution in [0.1, 0.15) is 22.3 Å². The van der Waals surface area contributed by atoms with Gasteiger partial charge in [-0.15, -0.1) is 11.3 Å². The number of hydrogen-bond donors (Lipinski definition) is 0. The first-order valence-corrected chi connectivity index (χ1v) is 10.6. The Labute approximate surface area is 179 Å². The molecule has 30 heavy (non-hydrogen) atoms. The number of thiazole rings is 1. The van der Waals surface area contributed by atoms with Crippen LogP contribution in [-0.4, -0.2) is 43.0 Å². The van der Waals surface area contributed by atoms with Gasteiger partial charge in [0.2, 0.25) is 0 Å². The van der Waals surface area contributed by atoms with Gasteiger partial charge in [0.15, 0.2) is 11.9 Å². The van der Waals surface area contributed by atoms with Gasteiger partial charge >= 0.3 is 0 Å². The van der Waals surface area contributed by atoms with E-state index in [4.69, 9.17) is 9.47 Å². The van der Waals surface area contributed by atoms with E-state index >= 15 is 0 Å². The molecule has 1 unspecified atom stereocenters. The second-order valence-corrected chi connectivity index (χ2v) is 7.97. The van der Waals surface area contributed by atoms with Crippen molar-refractivity contribution in [2.45, 2.75) is 19.4 Å². The zero-order chi connectivity index (χ0) is 21.1. The smallest absolute Gasteiger partial charge is 0.268 e. The number of amides is 1. The van der Waals surface area contributed by atoms with E-state index in [1.165, 1.54) is 4.90 Å². The quantitative estimate of drug-likeness (QED) is 0.539. The minimum absolute atomic E-state index is 0.0385. The molecule has 2 heterocycles. The average Bonchev–Trinajstić information content (AvgIpc) is 3.24. The van der Waals surface area contributed by atoms with E-state index in [0.717, 1.165) is 22.7 Å². The van der Waals surface area contributed by atoms with Crippen molar-refractivity contribution in [2.24, 2.45) is 0 Å². The lowest BCUT2D eigenvalue weighted by molar-refractivity contribution is -0.125. The molecule has 0 fully saturated rings. The summed E-state index contributed by atoms with van der Waals surface area (Å²) in [5.74, 6) is 0.231. The monoisotopic (exact) mass is 422 g/mol. The lowest BCUT2D eigenvalue weighted by atomic mass is 10.1. The van der Waals surface area contributed by atoms with Crippen molar-refractivity contribution in [3.8, 4) is 17.0 Å². The summed E-state index contributed by atoms with van der Waals surface area (Å²) in [7, 11) is 1.67. The molecular weight excluding hydrogens is 400 g/mol. The van der Waals surface area contributed by atoms with Gasteiger partial charge in [-0.25, -0.2) is 4.98 Å². The largest absolute Gasteiger partial charge is 0.479 e. The van der Waals surface area contributed by atoms with Gasteiger partial charge in [-0.3, -0.25) is 14.5 Å². The molecule has 0 aliphatic carbocycles. The molecule has 7 heteroatoms. The molecule has 6 nitrogen and oxygen atoms in total. The summed E-state index contributed by atoms with van der Waals surface area (Å²) < 4.78 is 10.9. The van der Waals surface area contributed by atoms with Crippen LogP contribution >= 0.6 is 11.3 Å². The highest BCUT2D eigenvalue weighted by Gasteiger charge is 2.33. The number of fused-ring (bicyclic) bond motifs is 1. The predicted molar refractivity (Wildman–Crippen MR) is 116 cm³/mol. The lowest BCUT2D eigenvalue weighted by Crippen LogP contribution is -2.46. The van der Waals surface area contributed by atoms with E-state index in [9.17, 15) is 9.59 Å². The Bertz CT molecular complexity index is 1060. The summed E-state index contributed by atoms with van der Waals surface area (Å²) in [6.07, 6.45) is 0.106. The second-order valence-electron chi connectivity index (χ2n) is 7.03. The van der Waals surface area contributed by atoms with E-state index < -0.39 is 6.10 Å². The number of anilines is 1. The van der Waals surface area contributed by atoms with Crippen LogP contribution in [0.2, 0.25) is 0 Å². The van der Waals surface area contributed by atoms with Gasteiger partial charge in [-0.05, 0) is 25.1 Å². The molecule has 1 atom stereocenters. The number of aromatic nitrogens is 1. The van der Waals surface area contributed by atoms with Gasteiger partial charge < -0.3 is 9.47 Å². The molecule has 0 radical (unpaired) electrons. The van der Waals surface area contributed by atoms with Crippen LogP contribution < -0.4 is 9.64 Å². The highest BCUT2D eigenvalue weighted by Crippen LogP contribution is 2.38. The minimum Gasteiger partial charge on any atom is -0.479 e. The van der Waals surface area contributed by atoms with Crippen molar-refractivity contribution in [2.75, 3.05) is 25.2 Å². The number of ketones is 1. The number of Topliss-reactive ketones (excluding diaryl/α,β-unsaturated/α-hetero) is 1. The molecule has 1 aromatic heterocycles. The third-order valence-corrected chi connectivity index (χ3v) is 5.84. The first kappa shape index (κ1) is 20.3. The molecule has 4 rings (SSSR count). The van der Waals surface area contributed by atoms with E-state index in [1.807, 2.05) is 41.8 Å². The number of nitrogens with zero attached hydrogens (tertiary/aromatic N) is 2. The Balaban J connectivity index is 1.65. The summed E-state index contributed by atoms with van der Waals surface area (Å²) in [4.78, 5) is 31.8. The normalized spacial score (nSPS) is 15.6. The molecule has 2 aromatic carbocycles. The Morgan fingerprint density at radius 3 is 2.80 bits per heavy atom. The summed E-state index contributed by atoms with van der Waals surface area (Å²) >= 11 is 1.57. The van der Waals surface area contributed by atoms with Gasteiger partial charge in [0, 0.05) is 30.0 Å². The minimum atomic E-state index is -0.646. The van der Waals surface area contributed by atoms with Crippen LogP contribution in [0.25, 0.3) is 11.3 Å². The van der Waals surface area contributed by atoms with Gasteiger partial charge in [-0.2, -0.15) is 0 Å². The number of carbonyl (C=O) groups is 2. The van der Waals surface area contributed by atoms with Crippen molar-refractivity contribution in [3.63, 3.8) is 0 Å². The van der Waals surface area contributed by atoms with Gasteiger partial charge in [0.05, 0.1) is 29.5 Å². The molecule has 3 aromatic rings. The number of rotatable bonds is 7. The number of ether oxygens (including phenoxy) is 2. The number of hydrogen-bond acceptors (Lipinski definition) is 6. The standard InChI is InChI=1S/C23H22N2O4S/c1-15-23(27)25(13-20(26)16-6-4-3-5-7-16)19-12-17(8-9-21(19)29-15)18-14-30-22(24-18)10-11-28-2/h3-9,12,14-15H,10-11,13H2,1-2H3. The van der Waals surface area contributed by atoms with Crippen molar-refractivity contribution in [1.29, 1.82) is 0 Å². The van der Waals surface area contributed by atoms with Crippen molar-refractivity contribution in [1.82, 2.24) is 4.98 Å². The topological polar surface area (TPSA) is 68.7 Å². The van der Waals surface area contributed by atoms with Crippen molar-refractivity contribution < 1.29 is 19.1 Å². The maximum absolute atomic E-state index is 12.8. The highest BCUT2D eigenvalue weighted by atomic mass is 32.1. The number of methoxy groups -OCH3 is 1. The molecule has 0 saturated heterocycles. The Hall–Kier alpha value is -3.03. The fourth-order valence-corrected chi connectivity index (χ4v) is 4.12. The SMILES string of the molecule is COCCc1nc(-c2ccc3c(c2)N(CC(=O)c2ccccc2)C(=O)C(C)O3)cs1. The van der Waals surface area contributed by atoms with Crippen LogP contribution in [0.15, 0.2) is 53.9 Å². The van der Waals surface area contributed by atoms with Gasteiger partial charge in [0.1, 0.15) is 5.75 Å². The van der Waals surface area contributed by atoms with E-state index in [0.29, 0.717) is 23.6 Å². The van der Waals surface area contributed by atoms with E-state index in [2.05, 4.69) is 4.98 Å². The molecule has 0 N–H and O–H groups in total. The Morgan fingerprint density at radius 2 is 2.03 bits per heavy atom. The van der Waals surface area contributed by atoms with E-state index in [1.54, 1.807) is 37.5 Å². The fourth-order valence-electron chi connectivity index (χ4n) is 3.34. The first-order chi connectivity index (χ1) is 14.6. The summed E-state index contributed by atoms with van der Waals surface area (Å²) in [6.45, 7) is 2.28. The molecule has 1 amide bonds. The molecule has 154 valence electrons. The van der Waals surface area contributed by atoms with Crippen LogP contribution in [0.4, 0.5) is 5.69 Å². The average molecular weight is 423 g/mol. The highest BCUT2D eigenvalue weighted by molar-refractivity contribution is 7.09. The number of benzene rings is 2. The molecule has 0 spiro atoms. The Kier molecular flexibility index (Phi) is 5.92. The number of carbonyl (C=O) groups excluding carboxylic acids is 2. The van der Waals surface area contributed by atoms with Crippen LogP contribution in [0, 0.1) is 0 Å². The van der Waals surface area contributed by atoms with E-state index in [-0.39, 0.29) is 18.2 Å². The van der Waals surface area contributed by atoms with Crippen LogP contribution in [-0.2, 0) is 16.0 Å². The van der Waals surface area contributed by atoms with Gasteiger partial charge in [-0.1, -0.05) is 30.3 Å². The predicted octanol–water partition coefficient (Wildman–Crippen LogP) is 4.00. The van der Waals surface area contributed by atoms with Crippen LogP contribution in [0.5, 0.6) is 5.75 Å². The summed E-state index contributed by atoms with van der Waals surface area (Å²) in [5, 5.41) is 2.97. The molecule has 0 bridgehead atoms. The second kappa shape index (κ2) is 8.77. The molecular formula is C23H22N2O4S. The summed E-state index contributed by atoms with van der Waals surface area (Å²) in [5.41, 5.74) is 2.86. The molecule has 1 aliphatic heterocycles. The zero-order valence-electron chi connectivity index (χ0n) is 16.8. The Morgan fingerprint density at radius 1 is 1.23 bits per heavy atom. The maximum Gasteiger partial charge on any atom is 0.268 e. The third kappa shape index (κ3) is 4.13. The zero-order valence-corrected chi connectivity index (χ0v) is 17.6. The first-order valence-electron chi connectivity index (χ1n) is 9.71. The van der Waals surface area contributed by atoms with Gasteiger partial charge in [0.25, 0.3) is 5.91 Å². The van der Waals surface area contributed by atoms with Crippen molar-refractivity contribution in [3.05, 3.63) is 64.5 Å². The lowest BCUT2D eigenvalue weighted by Gasteiger charge is -2.33. The maximum atomic E-state index is 12.8. The van der Waals surface area contributed by atoms with Crippen LogP contribution in [0.3, 0.4) is 0 Å². The fraction of sp³-hybridized carbons (Fsp3) is 0.261. The molecule has 1 aliphatic rings.